The Morgan fingerprint density at radius 1 is 1.20 bits per heavy atom. The molecule has 1 aromatic carbocycles. The zero-order valence-corrected chi connectivity index (χ0v) is 13.8. The third-order valence-electron chi connectivity index (χ3n) is 3.44. The van der Waals surface area contributed by atoms with Crippen LogP contribution in [-0.4, -0.2) is 6.54 Å². The number of thiophene rings is 1. The van der Waals surface area contributed by atoms with E-state index in [0.29, 0.717) is 0 Å². The predicted octanol–water partition coefficient (Wildman–Crippen LogP) is 5.16. The second kappa shape index (κ2) is 6.25. The lowest BCUT2D eigenvalue weighted by atomic mass is 9.94. The maximum absolute atomic E-state index is 13.5. The predicted molar refractivity (Wildman–Crippen MR) is 85.5 cm³/mol. The van der Waals surface area contributed by atoms with Crippen molar-refractivity contribution in [1.29, 1.82) is 0 Å². The number of halogens is 2. The Hall–Kier alpha value is -0.900. The lowest BCUT2D eigenvalue weighted by Gasteiger charge is -2.22. The summed E-state index contributed by atoms with van der Waals surface area (Å²) in [6, 6.07) is 3.19. The van der Waals surface area contributed by atoms with Crippen LogP contribution in [0.3, 0.4) is 0 Å². The van der Waals surface area contributed by atoms with Crippen molar-refractivity contribution in [2.24, 2.45) is 0 Å². The van der Waals surface area contributed by atoms with E-state index >= 15 is 0 Å². The van der Waals surface area contributed by atoms with E-state index in [0.717, 1.165) is 38.7 Å². The largest absolute Gasteiger partial charge is 0.306 e. The maximum atomic E-state index is 13.5. The summed E-state index contributed by atoms with van der Waals surface area (Å²) in [6.45, 7) is 8.80. The highest BCUT2D eigenvalue weighted by atomic mass is 35.5. The Labute approximate surface area is 128 Å². The fourth-order valence-electron chi connectivity index (χ4n) is 2.55. The normalized spacial score (nSPS) is 12.7. The first-order chi connectivity index (χ1) is 9.45. The molecule has 1 unspecified atom stereocenters. The van der Waals surface area contributed by atoms with Gasteiger partial charge in [-0.2, -0.15) is 0 Å². The van der Waals surface area contributed by atoms with E-state index in [-0.39, 0.29) is 11.9 Å². The molecule has 0 saturated carbocycles. The highest BCUT2D eigenvalue weighted by Gasteiger charge is 2.22. The molecule has 1 nitrogen and oxygen atoms in total. The van der Waals surface area contributed by atoms with Gasteiger partial charge < -0.3 is 5.32 Å². The average Bonchev–Trinajstić information content (AvgIpc) is 2.68. The van der Waals surface area contributed by atoms with Crippen LogP contribution in [0.25, 0.3) is 0 Å². The van der Waals surface area contributed by atoms with Gasteiger partial charge in [0.15, 0.2) is 0 Å². The molecule has 0 aliphatic rings. The first-order valence-electron chi connectivity index (χ1n) is 6.69. The summed E-state index contributed by atoms with van der Waals surface area (Å²) >= 11 is 8.07. The van der Waals surface area contributed by atoms with Gasteiger partial charge in [0.25, 0.3) is 0 Å². The first kappa shape index (κ1) is 15.5. The molecule has 4 heteroatoms. The molecule has 1 aromatic heterocycles. The van der Waals surface area contributed by atoms with Crippen LogP contribution in [0.2, 0.25) is 5.02 Å². The molecule has 1 N–H and O–H groups in total. The summed E-state index contributed by atoms with van der Waals surface area (Å²) < 4.78 is 13.5. The Kier molecular flexibility index (Phi) is 4.84. The van der Waals surface area contributed by atoms with Crippen LogP contribution in [0.1, 0.15) is 40.1 Å². The fraction of sp³-hybridized carbons (Fsp3) is 0.375. The minimum Gasteiger partial charge on any atom is -0.306 e. The van der Waals surface area contributed by atoms with Crippen molar-refractivity contribution >= 4 is 22.9 Å². The van der Waals surface area contributed by atoms with Gasteiger partial charge in [0.05, 0.1) is 11.1 Å². The van der Waals surface area contributed by atoms with Gasteiger partial charge in [-0.25, -0.2) is 4.39 Å². The molecule has 0 spiro atoms. The standard InChI is InChI=1S/C16H19ClFNS/c1-5-19-15(16-14(17)11(4)8-20-16)13-9(2)6-12(18)7-10(13)3/h6-8,15,19H,5H2,1-4H3. The quantitative estimate of drug-likeness (QED) is 0.822. The summed E-state index contributed by atoms with van der Waals surface area (Å²) in [5, 5.41) is 6.35. The average molecular weight is 312 g/mol. The second-order valence-corrected chi connectivity index (χ2v) is 6.33. The number of nitrogens with one attached hydrogen (secondary N) is 1. The summed E-state index contributed by atoms with van der Waals surface area (Å²) in [5.41, 5.74) is 4.12. The third kappa shape index (κ3) is 2.90. The molecule has 0 bridgehead atoms. The number of hydrogen-bond acceptors (Lipinski definition) is 2. The van der Waals surface area contributed by atoms with Crippen LogP contribution in [0.4, 0.5) is 4.39 Å². The molecule has 0 aliphatic heterocycles. The minimum absolute atomic E-state index is 0.0202. The van der Waals surface area contributed by atoms with Crippen molar-refractivity contribution in [3.05, 3.63) is 55.5 Å². The van der Waals surface area contributed by atoms with Gasteiger partial charge >= 0.3 is 0 Å². The Morgan fingerprint density at radius 2 is 1.80 bits per heavy atom. The number of benzene rings is 1. The van der Waals surface area contributed by atoms with Crippen LogP contribution in [0, 0.1) is 26.6 Å². The van der Waals surface area contributed by atoms with Gasteiger partial charge in [0.1, 0.15) is 5.82 Å². The third-order valence-corrected chi connectivity index (χ3v) is 5.22. The highest BCUT2D eigenvalue weighted by molar-refractivity contribution is 7.10. The summed E-state index contributed by atoms with van der Waals surface area (Å²) in [4.78, 5) is 1.10. The van der Waals surface area contributed by atoms with Gasteiger partial charge in [0.2, 0.25) is 0 Å². The molecule has 2 aromatic rings. The number of hydrogen-bond donors (Lipinski definition) is 1. The van der Waals surface area contributed by atoms with Crippen molar-refractivity contribution in [1.82, 2.24) is 5.32 Å². The molecule has 0 saturated heterocycles. The summed E-state index contributed by atoms with van der Waals surface area (Å²) in [5.74, 6) is -0.188. The lowest BCUT2D eigenvalue weighted by molar-refractivity contribution is 0.610. The van der Waals surface area contributed by atoms with E-state index in [2.05, 4.69) is 17.6 Å². The van der Waals surface area contributed by atoms with Crippen LogP contribution in [0.15, 0.2) is 17.5 Å². The molecular formula is C16H19ClFNS. The topological polar surface area (TPSA) is 12.0 Å². The van der Waals surface area contributed by atoms with E-state index < -0.39 is 0 Å². The maximum Gasteiger partial charge on any atom is 0.123 e. The van der Waals surface area contributed by atoms with Crippen LogP contribution >= 0.6 is 22.9 Å². The van der Waals surface area contributed by atoms with E-state index in [1.807, 2.05) is 20.8 Å². The number of rotatable bonds is 4. The molecule has 0 aliphatic carbocycles. The molecule has 2 rings (SSSR count). The molecule has 108 valence electrons. The molecule has 20 heavy (non-hydrogen) atoms. The van der Waals surface area contributed by atoms with Crippen molar-refractivity contribution < 1.29 is 4.39 Å². The SMILES string of the molecule is CCNC(c1scc(C)c1Cl)c1c(C)cc(F)cc1C. The van der Waals surface area contributed by atoms with Gasteiger partial charge in [-0.05, 0) is 67.1 Å². The highest BCUT2D eigenvalue weighted by Crippen LogP contribution is 2.38. The first-order valence-corrected chi connectivity index (χ1v) is 7.95. The van der Waals surface area contributed by atoms with Crippen LogP contribution in [-0.2, 0) is 0 Å². The van der Waals surface area contributed by atoms with Gasteiger partial charge in [0, 0.05) is 4.88 Å². The Bertz CT molecular complexity index is 598. The Morgan fingerprint density at radius 3 is 2.25 bits per heavy atom. The molecule has 0 fully saturated rings. The molecule has 1 heterocycles. The van der Waals surface area contributed by atoms with Gasteiger partial charge in [-0.15, -0.1) is 11.3 Å². The van der Waals surface area contributed by atoms with Gasteiger partial charge in [-0.1, -0.05) is 18.5 Å². The Balaban J connectivity index is 2.57. The van der Waals surface area contributed by atoms with E-state index in [1.54, 1.807) is 23.5 Å². The lowest BCUT2D eigenvalue weighted by Crippen LogP contribution is -2.23. The van der Waals surface area contributed by atoms with Crippen molar-refractivity contribution in [3.8, 4) is 0 Å². The van der Waals surface area contributed by atoms with E-state index in [1.165, 1.54) is 0 Å². The van der Waals surface area contributed by atoms with Crippen LogP contribution < -0.4 is 5.32 Å². The second-order valence-electron chi connectivity index (χ2n) is 5.04. The smallest absolute Gasteiger partial charge is 0.123 e. The minimum atomic E-state index is -0.188. The molecule has 1 atom stereocenters. The zero-order chi connectivity index (χ0) is 14.9. The molecule has 0 amide bonds. The van der Waals surface area contributed by atoms with Crippen molar-refractivity contribution in [3.63, 3.8) is 0 Å². The summed E-state index contributed by atoms with van der Waals surface area (Å²) in [7, 11) is 0. The zero-order valence-electron chi connectivity index (χ0n) is 12.2. The van der Waals surface area contributed by atoms with Crippen molar-refractivity contribution in [2.75, 3.05) is 6.54 Å². The van der Waals surface area contributed by atoms with Crippen molar-refractivity contribution in [2.45, 2.75) is 33.7 Å². The monoisotopic (exact) mass is 311 g/mol. The fourth-order valence-corrected chi connectivity index (χ4v) is 3.94. The number of aryl methyl sites for hydroxylation is 3. The van der Waals surface area contributed by atoms with Crippen LogP contribution in [0.5, 0.6) is 0 Å². The molecule has 0 radical (unpaired) electrons. The van der Waals surface area contributed by atoms with E-state index in [9.17, 15) is 4.39 Å². The summed E-state index contributed by atoms with van der Waals surface area (Å²) in [6.07, 6.45) is 0. The van der Waals surface area contributed by atoms with E-state index in [4.69, 9.17) is 11.6 Å². The molecular weight excluding hydrogens is 293 g/mol. The van der Waals surface area contributed by atoms with Gasteiger partial charge in [-0.3, -0.25) is 0 Å².